The smallest absolute Gasteiger partial charge is 0.305 e. The minimum absolute atomic E-state index is 0.0722. The Morgan fingerprint density at radius 1 is 0.904 bits per heavy atom. The molecule has 11 N–H and O–H groups in total. The number of aliphatic carboxylic acids is 1. The van der Waals surface area contributed by atoms with Gasteiger partial charge in [-0.2, -0.15) is 0 Å². The Morgan fingerprint density at radius 2 is 1.60 bits per heavy atom. The molecule has 0 aliphatic carbocycles. The lowest BCUT2D eigenvalue weighted by molar-refractivity contribution is -0.141. The predicted octanol–water partition coefficient (Wildman–Crippen LogP) is -0.361. The number of hydrogen-bond acceptors (Lipinski definition) is 8. The summed E-state index contributed by atoms with van der Waals surface area (Å²) in [4.78, 5) is 86.1. The molecule has 1 fully saturated rings. The van der Waals surface area contributed by atoms with Crippen LogP contribution in [0.15, 0.2) is 53.7 Å². The normalized spacial score (nSPS) is 20.4. The minimum atomic E-state index is -1.59. The van der Waals surface area contributed by atoms with Crippen LogP contribution in [0, 0.1) is 5.92 Å². The first-order chi connectivity index (χ1) is 24.8. The fraction of sp³-hybridized carbons (Fsp3) is 0.400. The van der Waals surface area contributed by atoms with E-state index in [2.05, 4.69) is 36.6 Å². The summed E-state index contributed by atoms with van der Waals surface area (Å²) in [7, 11) is 1.58. The summed E-state index contributed by atoms with van der Waals surface area (Å²) in [5, 5.41) is 23.0. The molecule has 3 aromatic rings. The molecule has 17 nitrogen and oxygen atoms in total. The van der Waals surface area contributed by atoms with Gasteiger partial charge in [0.15, 0.2) is 5.96 Å². The third-order valence-electron chi connectivity index (χ3n) is 8.54. The van der Waals surface area contributed by atoms with Crippen molar-refractivity contribution in [3.05, 3.63) is 54.2 Å². The zero-order valence-electron chi connectivity index (χ0n) is 29.2. The first-order valence-electron chi connectivity index (χ1n) is 16.8. The summed E-state index contributed by atoms with van der Waals surface area (Å²) in [6.07, 6.45) is 1.20. The number of para-hydroxylation sites is 1. The van der Waals surface area contributed by atoms with Gasteiger partial charge in [-0.25, -0.2) is 0 Å². The van der Waals surface area contributed by atoms with Crippen LogP contribution in [0.4, 0.5) is 0 Å². The molecule has 0 spiro atoms. The third-order valence-corrected chi connectivity index (χ3v) is 8.54. The van der Waals surface area contributed by atoms with Gasteiger partial charge in [-0.3, -0.25) is 33.8 Å². The predicted molar refractivity (Wildman–Crippen MR) is 192 cm³/mol. The van der Waals surface area contributed by atoms with Crippen molar-refractivity contribution in [3.8, 4) is 16.9 Å². The van der Waals surface area contributed by atoms with Crippen LogP contribution in [0.2, 0.25) is 0 Å². The Hall–Kier alpha value is -6.13. The van der Waals surface area contributed by atoms with Gasteiger partial charge >= 0.3 is 5.97 Å². The maximum absolute atomic E-state index is 14.0. The maximum Gasteiger partial charge on any atom is 0.305 e. The standard InChI is InChI=1S/C35H45N9O8/c1-18(2)29-34(51)42-24(8-5-13-38-35(36)37)31(48)40-17-27(45)41-26(15-28(46)47)32(49)43-25(33(50)44-29)14-20-16-39-30-22(6-4-7-23(20)30)19-9-11-21(52-3)12-10-19/h4,6-7,9-12,16,18,24-26,29,39H,5,8,13-15,17H2,1-3H3,(H,40,48)(H,41,45)(H,42,51)(H,43,49)(H,44,50)(H,46,47)(H4,36,37,38)/t24-,25+,26-,29-/m0/s1. The van der Waals surface area contributed by atoms with E-state index < -0.39 is 78.6 Å². The van der Waals surface area contributed by atoms with E-state index in [0.29, 0.717) is 11.3 Å². The summed E-state index contributed by atoms with van der Waals surface area (Å²) >= 11 is 0. The van der Waals surface area contributed by atoms with Crippen molar-refractivity contribution in [2.45, 2.75) is 63.7 Å². The summed E-state index contributed by atoms with van der Waals surface area (Å²) < 4.78 is 5.28. The quantitative estimate of drug-likeness (QED) is 0.0705. The average molecular weight is 720 g/mol. The Morgan fingerprint density at radius 3 is 2.25 bits per heavy atom. The molecular formula is C35H45N9O8. The van der Waals surface area contributed by atoms with E-state index >= 15 is 0 Å². The summed E-state index contributed by atoms with van der Waals surface area (Å²) in [6, 6.07) is 7.93. The zero-order chi connectivity index (χ0) is 37.9. The van der Waals surface area contributed by atoms with Crippen LogP contribution in [-0.4, -0.2) is 95.9 Å². The van der Waals surface area contributed by atoms with E-state index in [9.17, 15) is 33.9 Å². The maximum atomic E-state index is 14.0. The lowest BCUT2D eigenvalue weighted by atomic mass is 9.98. The number of amides is 5. The second kappa shape index (κ2) is 17.7. The fourth-order valence-corrected chi connectivity index (χ4v) is 5.84. The number of carbonyl (C=O) groups is 6. The highest BCUT2D eigenvalue weighted by Crippen LogP contribution is 2.31. The van der Waals surface area contributed by atoms with E-state index in [1.54, 1.807) is 27.2 Å². The van der Waals surface area contributed by atoms with Gasteiger partial charge in [0.25, 0.3) is 0 Å². The van der Waals surface area contributed by atoms with Crippen LogP contribution in [-0.2, 0) is 35.2 Å². The third kappa shape index (κ3) is 10.2. The average Bonchev–Trinajstić information content (AvgIpc) is 3.52. The van der Waals surface area contributed by atoms with Crippen molar-refractivity contribution < 1.29 is 38.6 Å². The van der Waals surface area contributed by atoms with Crippen molar-refractivity contribution in [1.29, 1.82) is 0 Å². The molecule has 17 heteroatoms. The molecular weight excluding hydrogens is 674 g/mol. The van der Waals surface area contributed by atoms with Crippen LogP contribution in [0.3, 0.4) is 0 Å². The highest BCUT2D eigenvalue weighted by Gasteiger charge is 2.34. The van der Waals surface area contributed by atoms with E-state index in [4.69, 9.17) is 16.2 Å². The molecule has 1 aliphatic heterocycles. The zero-order valence-corrected chi connectivity index (χ0v) is 29.2. The highest BCUT2D eigenvalue weighted by molar-refractivity contribution is 5.99. The number of aromatic nitrogens is 1. The van der Waals surface area contributed by atoms with Gasteiger partial charge in [0.1, 0.15) is 29.9 Å². The van der Waals surface area contributed by atoms with E-state index in [0.717, 1.165) is 22.0 Å². The van der Waals surface area contributed by atoms with Crippen LogP contribution in [0.1, 0.15) is 38.7 Å². The Balaban J connectivity index is 1.70. The number of hydrogen-bond donors (Lipinski definition) is 9. The molecule has 52 heavy (non-hydrogen) atoms. The Labute approximate surface area is 299 Å². The largest absolute Gasteiger partial charge is 0.497 e. The number of carbonyl (C=O) groups excluding carboxylic acids is 5. The second-order valence-corrected chi connectivity index (χ2v) is 12.7. The molecule has 5 amide bonds. The number of nitrogens with two attached hydrogens (primary N) is 2. The van der Waals surface area contributed by atoms with Gasteiger partial charge in [-0.1, -0.05) is 44.2 Å². The number of carboxylic acids is 1. The first-order valence-corrected chi connectivity index (χ1v) is 16.8. The molecule has 0 unspecified atom stereocenters. The summed E-state index contributed by atoms with van der Waals surface area (Å²) in [6.45, 7) is 2.94. The number of rotatable bonds is 11. The molecule has 1 aliphatic rings. The lowest BCUT2D eigenvalue weighted by Gasteiger charge is -2.27. The van der Waals surface area contributed by atoms with Gasteiger partial charge in [0, 0.05) is 30.1 Å². The molecule has 0 saturated carbocycles. The van der Waals surface area contributed by atoms with Crippen molar-refractivity contribution in [1.82, 2.24) is 31.6 Å². The van der Waals surface area contributed by atoms with Gasteiger partial charge in [0.05, 0.1) is 25.6 Å². The first kappa shape index (κ1) is 38.7. The van der Waals surface area contributed by atoms with Crippen LogP contribution in [0.5, 0.6) is 5.75 Å². The molecule has 4 atom stereocenters. The Kier molecular flexibility index (Phi) is 13.2. The van der Waals surface area contributed by atoms with Gasteiger partial charge < -0.3 is 52.9 Å². The van der Waals surface area contributed by atoms with E-state index in [-0.39, 0.29) is 31.8 Å². The molecule has 2 aromatic carbocycles. The number of H-pyrrole nitrogens is 1. The lowest BCUT2D eigenvalue weighted by Crippen LogP contribution is -2.59. The second-order valence-electron chi connectivity index (χ2n) is 12.7. The molecule has 4 rings (SSSR count). The van der Waals surface area contributed by atoms with Crippen molar-refractivity contribution in [3.63, 3.8) is 0 Å². The SMILES string of the molecule is COc1ccc(-c2cccc3c(C[C@H]4NC(=O)[C@H](CC(=O)O)NC(=O)CNC(=O)[C@H](CCCN=C(N)N)NC(=O)[C@H](C(C)C)NC4=O)c[nH]c23)cc1. The molecule has 2 heterocycles. The van der Waals surface area contributed by atoms with Crippen molar-refractivity contribution in [2.75, 3.05) is 20.2 Å². The monoisotopic (exact) mass is 719 g/mol. The van der Waals surface area contributed by atoms with Gasteiger partial charge in [-0.05, 0) is 42.0 Å². The number of carboxylic acid groups (broad SMARTS) is 1. The number of aromatic amines is 1. The summed E-state index contributed by atoms with van der Waals surface area (Å²) in [5.41, 5.74) is 14.0. The molecule has 1 aromatic heterocycles. The number of nitrogens with one attached hydrogen (secondary N) is 6. The number of guanidine groups is 1. The highest BCUT2D eigenvalue weighted by atomic mass is 16.5. The van der Waals surface area contributed by atoms with Gasteiger partial charge in [-0.15, -0.1) is 0 Å². The Bertz CT molecular complexity index is 1820. The number of aliphatic imine (C=N–C) groups is 1. The van der Waals surface area contributed by atoms with Crippen LogP contribution in [0.25, 0.3) is 22.0 Å². The topological polar surface area (TPSA) is 272 Å². The van der Waals surface area contributed by atoms with Gasteiger partial charge in [0.2, 0.25) is 29.5 Å². The molecule has 0 radical (unpaired) electrons. The number of ether oxygens (including phenoxy) is 1. The number of fused-ring (bicyclic) bond motifs is 1. The number of nitrogens with zero attached hydrogens (tertiary/aromatic N) is 1. The van der Waals surface area contributed by atoms with E-state index in [1.807, 2.05) is 42.5 Å². The van der Waals surface area contributed by atoms with Crippen LogP contribution >= 0.6 is 0 Å². The van der Waals surface area contributed by atoms with Crippen molar-refractivity contribution >= 4 is 52.4 Å². The number of methoxy groups -OCH3 is 1. The van der Waals surface area contributed by atoms with E-state index in [1.165, 1.54) is 0 Å². The molecule has 278 valence electrons. The molecule has 1 saturated heterocycles. The molecule has 0 bridgehead atoms. The fourth-order valence-electron chi connectivity index (χ4n) is 5.84. The summed E-state index contributed by atoms with van der Waals surface area (Å²) in [5.74, 6) is -5.25. The van der Waals surface area contributed by atoms with Crippen LogP contribution < -0.4 is 42.8 Å². The van der Waals surface area contributed by atoms with Crippen molar-refractivity contribution in [2.24, 2.45) is 22.4 Å². The number of benzene rings is 2. The minimum Gasteiger partial charge on any atom is -0.497 e.